The number of benzene rings is 1. The van der Waals surface area contributed by atoms with Gasteiger partial charge in [0.2, 0.25) is 0 Å². The van der Waals surface area contributed by atoms with Gasteiger partial charge in [0.25, 0.3) is 0 Å². The second-order valence-corrected chi connectivity index (χ2v) is 2.99. The Balaban J connectivity index is 2.76. The fourth-order valence-electron chi connectivity index (χ4n) is 1.18. The first kappa shape index (κ1) is 4.14. The maximum Gasteiger partial charge on any atom is 0.0428 e. The molecule has 0 saturated heterocycles. The minimum absolute atomic E-state index is 0.398. The molecule has 0 aliphatic rings. The van der Waals surface area contributed by atoms with E-state index >= 15 is 0 Å². The van der Waals surface area contributed by atoms with Crippen LogP contribution in [0.25, 0.3) is 0 Å². The van der Waals surface area contributed by atoms with Crippen molar-refractivity contribution in [2.24, 2.45) is 0 Å². The molecule has 0 heterocycles. The predicted octanol–water partition coefficient (Wildman–Crippen LogP) is 2.62. The molecule has 1 heteroatoms. The van der Waals surface area contributed by atoms with Crippen molar-refractivity contribution in [2.75, 3.05) is 6.50 Å². The topological polar surface area (TPSA) is 12.0 Å². The van der Waals surface area contributed by atoms with Crippen molar-refractivity contribution in [3.05, 3.63) is 35.9 Å². The molecule has 1 N–H and O–H groups in total. The normalized spacial score (nSPS) is 23.9. The second-order valence-electron chi connectivity index (χ2n) is 2.99. The van der Waals surface area contributed by atoms with E-state index in [1.165, 1.54) is 0 Å². The molecule has 1 rings (SSSR count). The summed E-state index contributed by atoms with van der Waals surface area (Å²) in [6.45, 7) is -3.98. The minimum Gasteiger partial charge on any atom is -0.314 e. The fourth-order valence-corrected chi connectivity index (χ4v) is 1.18. The van der Waals surface area contributed by atoms with E-state index in [2.05, 4.69) is 5.32 Å². The third-order valence-electron chi connectivity index (χ3n) is 1.77. The summed E-state index contributed by atoms with van der Waals surface area (Å²) in [5.41, 5.74) is 0.970. The van der Waals surface area contributed by atoms with Crippen LogP contribution >= 0.6 is 0 Å². The van der Waals surface area contributed by atoms with E-state index < -0.39 is 25.8 Å². The Bertz CT molecular complexity index is 427. The Morgan fingerprint density at radius 2 is 2.23 bits per heavy atom. The summed E-state index contributed by atoms with van der Waals surface area (Å²) < 4.78 is 51.8. The highest BCUT2D eigenvalue weighted by Gasteiger charge is 2.00. The Hall–Kier alpha value is -0.820. The zero-order chi connectivity index (χ0) is 15.6. The first-order valence-electron chi connectivity index (χ1n) is 7.79. The lowest BCUT2D eigenvalue weighted by molar-refractivity contribution is 0.543. The number of hydrogen-bond acceptors (Lipinski definition) is 1. The van der Waals surface area contributed by atoms with E-state index in [0.29, 0.717) is 6.42 Å². The molecule has 0 fully saturated rings. The van der Waals surface area contributed by atoms with Crippen molar-refractivity contribution >= 4 is 0 Å². The number of nitrogens with one attached hydrogen (secondary N) is 1. The molecule has 1 unspecified atom stereocenters. The van der Waals surface area contributed by atoms with Crippen molar-refractivity contribution < 1.29 is 9.60 Å². The van der Waals surface area contributed by atoms with E-state index in [0.717, 1.165) is 5.56 Å². The molecular formula is C12H19N. The molecule has 1 nitrogen and oxygen atoms in total. The van der Waals surface area contributed by atoms with Crippen LogP contribution in [-0.2, 0) is 6.42 Å². The molecule has 0 saturated carbocycles. The SMILES string of the molecule is [2H]C([2H])([2H])C([2H])([2H])C([2H])([2H])NC(C)Cc1ccccc1. The molecule has 1 aromatic carbocycles. The van der Waals surface area contributed by atoms with Gasteiger partial charge in [0, 0.05) is 15.6 Å². The van der Waals surface area contributed by atoms with Crippen molar-refractivity contribution in [1.29, 1.82) is 0 Å². The summed E-state index contributed by atoms with van der Waals surface area (Å²) in [6.07, 6.45) is -2.48. The smallest absolute Gasteiger partial charge is 0.0428 e. The van der Waals surface area contributed by atoms with Crippen LogP contribution in [0.2, 0.25) is 0 Å². The quantitative estimate of drug-likeness (QED) is 0.742. The molecule has 0 radical (unpaired) electrons. The Morgan fingerprint density at radius 1 is 1.46 bits per heavy atom. The molecular weight excluding hydrogens is 158 g/mol. The highest BCUT2D eigenvalue weighted by atomic mass is 14.9. The van der Waals surface area contributed by atoms with Crippen LogP contribution in [0, 0.1) is 0 Å². The summed E-state index contributed by atoms with van der Waals surface area (Å²) >= 11 is 0. The van der Waals surface area contributed by atoms with Crippen LogP contribution in [0.15, 0.2) is 30.3 Å². The molecule has 0 spiro atoms. The van der Waals surface area contributed by atoms with Gasteiger partial charge in [-0.1, -0.05) is 37.2 Å². The zero-order valence-electron chi connectivity index (χ0n) is 14.7. The lowest BCUT2D eigenvalue weighted by Crippen LogP contribution is -2.28. The van der Waals surface area contributed by atoms with Crippen LogP contribution in [0.3, 0.4) is 0 Å². The van der Waals surface area contributed by atoms with Gasteiger partial charge >= 0.3 is 0 Å². The highest BCUT2D eigenvalue weighted by molar-refractivity contribution is 5.15. The van der Waals surface area contributed by atoms with Crippen molar-refractivity contribution in [3.8, 4) is 0 Å². The van der Waals surface area contributed by atoms with Gasteiger partial charge in [0.15, 0.2) is 0 Å². The Morgan fingerprint density at radius 3 is 2.92 bits per heavy atom. The lowest BCUT2D eigenvalue weighted by atomic mass is 10.1. The first-order chi connectivity index (χ1) is 8.97. The van der Waals surface area contributed by atoms with Crippen molar-refractivity contribution in [1.82, 2.24) is 5.32 Å². The van der Waals surface area contributed by atoms with Crippen LogP contribution < -0.4 is 5.32 Å². The average Bonchev–Trinajstić information content (AvgIpc) is 2.27. The lowest BCUT2D eigenvalue weighted by Gasteiger charge is -2.12. The van der Waals surface area contributed by atoms with Gasteiger partial charge in [-0.05, 0) is 31.8 Å². The Kier molecular flexibility index (Phi) is 1.83. The monoisotopic (exact) mass is 184 g/mol. The number of rotatable bonds is 5. The molecule has 0 aromatic heterocycles. The van der Waals surface area contributed by atoms with Crippen LogP contribution in [0.5, 0.6) is 0 Å². The first-order valence-corrected chi connectivity index (χ1v) is 4.29. The van der Waals surface area contributed by atoms with Gasteiger partial charge in [0.1, 0.15) is 0 Å². The molecule has 72 valence electrons. The average molecular weight is 184 g/mol. The maximum atomic E-state index is 7.70. The molecule has 1 atom stereocenters. The van der Waals surface area contributed by atoms with Crippen molar-refractivity contribution in [2.45, 2.75) is 32.6 Å². The third-order valence-corrected chi connectivity index (χ3v) is 1.77. The van der Waals surface area contributed by atoms with Gasteiger partial charge in [0.05, 0.1) is 0 Å². The van der Waals surface area contributed by atoms with E-state index in [1.54, 1.807) is 6.92 Å². The van der Waals surface area contributed by atoms with Gasteiger partial charge in [-0.2, -0.15) is 0 Å². The Labute approximate surface area is 91.0 Å². The summed E-state index contributed by atoms with van der Waals surface area (Å²) in [6, 6.07) is 8.95. The van der Waals surface area contributed by atoms with Gasteiger partial charge < -0.3 is 5.32 Å². The molecule has 13 heavy (non-hydrogen) atoms. The van der Waals surface area contributed by atoms with Gasteiger partial charge in [-0.25, -0.2) is 0 Å². The van der Waals surface area contributed by atoms with E-state index in [9.17, 15) is 0 Å². The van der Waals surface area contributed by atoms with Crippen LogP contribution in [-0.4, -0.2) is 12.5 Å². The second kappa shape index (κ2) is 5.76. The summed E-state index contributed by atoms with van der Waals surface area (Å²) in [5, 5.41) is 2.45. The van der Waals surface area contributed by atoms with E-state index in [-0.39, 0.29) is 0 Å². The van der Waals surface area contributed by atoms with Crippen LogP contribution in [0.4, 0.5) is 0 Å². The minimum atomic E-state index is -3.03. The molecule has 0 amide bonds. The maximum absolute atomic E-state index is 7.70. The highest BCUT2D eigenvalue weighted by Crippen LogP contribution is 2.02. The van der Waals surface area contributed by atoms with Gasteiger partial charge in [-0.15, -0.1) is 0 Å². The van der Waals surface area contributed by atoms with Crippen molar-refractivity contribution in [3.63, 3.8) is 0 Å². The summed E-state index contributed by atoms with van der Waals surface area (Å²) in [4.78, 5) is 0. The zero-order valence-corrected chi connectivity index (χ0v) is 7.67. The standard InChI is InChI=1S/C12H19N/c1-3-9-13-11(2)10-12-7-5-4-6-8-12/h4-8,11,13H,3,9-10H2,1-2H3/i1D3,3D2,9D2. The summed E-state index contributed by atoms with van der Waals surface area (Å²) in [7, 11) is 0. The predicted molar refractivity (Wildman–Crippen MR) is 57.9 cm³/mol. The molecule has 1 aromatic rings. The third kappa shape index (κ3) is 4.09. The molecule has 0 aliphatic heterocycles. The van der Waals surface area contributed by atoms with E-state index in [4.69, 9.17) is 9.60 Å². The fraction of sp³-hybridized carbons (Fsp3) is 0.500. The summed E-state index contributed by atoms with van der Waals surface area (Å²) in [5.74, 6) is 0. The molecule has 0 aliphatic carbocycles. The molecule has 0 bridgehead atoms. The van der Waals surface area contributed by atoms with E-state index in [1.807, 2.05) is 30.3 Å². The van der Waals surface area contributed by atoms with Crippen LogP contribution in [0.1, 0.15) is 35.3 Å². The van der Waals surface area contributed by atoms with Gasteiger partial charge in [-0.3, -0.25) is 0 Å². The largest absolute Gasteiger partial charge is 0.314 e. The number of hydrogen-bond donors (Lipinski definition) is 1.